The van der Waals surface area contributed by atoms with Crippen LogP contribution in [-0.4, -0.2) is 44.2 Å². The van der Waals surface area contributed by atoms with E-state index in [2.05, 4.69) is 24.3 Å². The second-order valence-corrected chi connectivity index (χ2v) is 4.38. The van der Waals surface area contributed by atoms with Crippen LogP contribution in [0.5, 0.6) is 0 Å². The zero-order valence-electron chi connectivity index (χ0n) is 8.92. The van der Waals surface area contributed by atoms with Crippen molar-refractivity contribution in [3.8, 4) is 0 Å². The lowest BCUT2D eigenvalue weighted by molar-refractivity contribution is 0.319. The number of nitrogens with one attached hydrogen (secondary N) is 1. The van der Waals surface area contributed by atoms with Crippen LogP contribution in [0.25, 0.3) is 0 Å². The van der Waals surface area contributed by atoms with Crippen molar-refractivity contribution in [3.63, 3.8) is 0 Å². The SMILES string of the molecule is CN(C)CCNC1CCCC(N)C1. The van der Waals surface area contributed by atoms with Gasteiger partial charge in [0.1, 0.15) is 0 Å². The van der Waals surface area contributed by atoms with Crippen molar-refractivity contribution in [2.75, 3.05) is 27.2 Å². The molecule has 1 aliphatic carbocycles. The first-order valence-electron chi connectivity index (χ1n) is 5.32. The highest BCUT2D eigenvalue weighted by Crippen LogP contribution is 2.16. The van der Waals surface area contributed by atoms with Crippen molar-refractivity contribution in [2.45, 2.75) is 37.8 Å². The summed E-state index contributed by atoms with van der Waals surface area (Å²) in [6.45, 7) is 2.20. The van der Waals surface area contributed by atoms with Crippen LogP contribution in [-0.2, 0) is 0 Å². The van der Waals surface area contributed by atoms with Crippen molar-refractivity contribution < 1.29 is 0 Å². The molecule has 1 fully saturated rings. The predicted octanol–water partition coefficient (Wildman–Crippen LogP) is 0.408. The van der Waals surface area contributed by atoms with E-state index in [1.54, 1.807) is 0 Å². The largest absolute Gasteiger partial charge is 0.328 e. The minimum atomic E-state index is 0.436. The maximum absolute atomic E-state index is 5.91. The van der Waals surface area contributed by atoms with Crippen LogP contribution in [0, 0.1) is 0 Å². The van der Waals surface area contributed by atoms with Crippen LogP contribution in [0.3, 0.4) is 0 Å². The van der Waals surface area contributed by atoms with Crippen molar-refractivity contribution in [3.05, 3.63) is 0 Å². The molecular formula is C10H23N3. The summed E-state index contributed by atoms with van der Waals surface area (Å²) in [5.74, 6) is 0. The summed E-state index contributed by atoms with van der Waals surface area (Å²) in [7, 11) is 4.21. The summed E-state index contributed by atoms with van der Waals surface area (Å²) in [6, 6.07) is 1.11. The van der Waals surface area contributed by atoms with Crippen molar-refractivity contribution in [1.29, 1.82) is 0 Å². The molecule has 0 bridgehead atoms. The number of nitrogens with two attached hydrogens (primary N) is 1. The lowest BCUT2D eigenvalue weighted by atomic mass is 9.92. The van der Waals surface area contributed by atoms with Crippen LogP contribution < -0.4 is 11.1 Å². The molecule has 2 unspecified atom stereocenters. The Morgan fingerprint density at radius 3 is 2.77 bits per heavy atom. The number of rotatable bonds is 4. The molecule has 0 spiro atoms. The van der Waals surface area contributed by atoms with Crippen molar-refractivity contribution in [2.24, 2.45) is 5.73 Å². The van der Waals surface area contributed by atoms with Gasteiger partial charge in [-0.3, -0.25) is 0 Å². The van der Waals surface area contributed by atoms with Gasteiger partial charge in [0.25, 0.3) is 0 Å². The summed E-state index contributed by atoms with van der Waals surface area (Å²) in [6.07, 6.45) is 4.97. The standard InChI is InChI=1S/C10H23N3/c1-13(2)7-6-12-10-5-3-4-9(11)8-10/h9-10,12H,3-8,11H2,1-2H3. The summed E-state index contributed by atoms with van der Waals surface area (Å²) in [5, 5.41) is 3.56. The van der Waals surface area contributed by atoms with Gasteiger partial charge in [-0.1, -0.05) is 6.42 Å². The first kappa shape index (κ1) is 11.0. The number of hydrogen-bond donors (Lipinski definition) is 2. The molecule has 3 N–H and O–H groups in total. The number of likely N-dealkylation sites (N-methyl/N-ethyl adjacent to an activating group) is 1. The fraction of sp³-hybridized carbons (Fsp3) is 1.00. The van der Waals surface area contributed by atoms with E-state index in [0.29, 0.717) is 12.1 Å². The van der Waals surface area contributed by atoms with E-state index in [1.165, 1.54) is 19.3 Å². The second-order valence-electron chi connectivity index (χ2n) is 4.38. The van der Waals surface area contributed by atoms with Crippen LogP contribution in [0.1, 0.15) is 25.7 Å². The molecule has 0 saturated heterocycles. The molecule has 2 atom stereocenters. The summed E-state index contributed by atoms with van der Waals surface area (Å²) in [5.41, 5.74) is 5.91. The van der Waals surface area contributed by atoms with Crippen molar-refractivity contribution in [1.82, 2.24) is 10.2 Å². The van der Waals surface area contributed by atoms with E-state index in [1.807, 2.05) is 0 Å². The maximum atomic E-state index is 5.91. The van der Waals surface area contributed by atoms with Gasteiger partial charge in [0.2, 0.25) is 0 Å². The first-order chi connectivity index (χ1) is 6.18. The Morgan fingerprint density at radius 2 is 2.15 bits per heavy atom. The fourth-order valence-corrected chi connectivity index (χ4v) is 1.91. The molecule has 1 rings (SSSR count). The highest BCUT2D eigenvalue weighted by molar-refractivity contribution is 4.79. The van der Waals surface area contributed by atoms with Gasteiger partial charge < -0.3 is 16.0 Å². The normalized spacial score (nSPS) is 29.5. The van der Waals surface area contributed by atoms with Crippen LogP contribution >= 0.6 is 0 Å². The number of nitrogens with zero attached hydrogens (tertiary/aromatic N) is 1. The summed E-state index contributed by atoms with van der Waals surface area (Å²) >= 11 is 0. The Bertz CT molecular complexity index is 136. The van der Waals surface area contributed by atoms with E-state index >= 15 is 0 Å². The first-order valence-corrected chi connectivity index (χ1v) is 5.32. The Kier molecular flexibility index (Phi) is 4.70. The maximum Gasteiger partial charge on any atom is 0.0101 e. The lowest BCUT2D eigenvalue weighted by Gasteiger charge is -2.27. The molecule has 0 aromatic rings. The average molecular weight is 185 g/mol. The molecule has 1 saturated carbocycles. The zero-order valence-corrected chi connectivity index (χ0v) is 8.92. The molecule has 1 aliphatic rings. The molecular weight excluding hydrogens is 162 g/mol. The molecule has 0 amide bonds. The van der Waals surface area contributed by atoms with Crippen LogP contribution in [0.2, 0.25) is 0 Å². The summed E-state index contributed by atoms with van der Waals surface area (Å²) in [4.78, 5) is 2.20. The van der Waals surface area contributed by atoms with Gasteiger partial charge in [0.05, 0.1) is 0 Å². The molecule has 0 heterocycles. The molecule has 0 aromatic heterocycles. The highest BCUT2D eigenvalue weighted by Gasteiger charge is 2.17. The minimum Gasteiger partial charge on any atom is -0.328 e. The second kappa shape index (κ2) is 5.58. The quantitative estimate of drug-likeness (QED) is 0.666. The Labute approximate surface area is 81.7 Å². The lowest BCUT2D eigenvalue weighted by Crippen LogP contribution is -2.41. The van der Waals surface area contributed by atoms with Gasteiger partial charge in [-0.25, -0.2) is 0 Å². The number of hydrogen-bond acceptors (Lipinski definition) is 3. The van der Waals surface area contributed by atoms with E-state index < -0.39 is 0 Å². The summed E-state index contributed by atoms with van der Waals surface area (Å²) < 4.78 is 0. The molecule has 0 radical (unpaired) electrons. The van der Waals surface area contributed by atoms with Crippen LogP contribution in [0.15, 0.2) is 0 Å². The molecule has 13 heavy (non-hydrogen) atoms. The van der Waals surface area contributed by atoms with E-state index in [0.717, 1.165) is 19.5 Å². The predicted molar refractivity (Wildman–Crippen MR) is 56.8 cm³/mol. The third kappa shape index (κ3) is 4.60. The Hall–Kier alpha value is -0.120. The van der Waals surface area contributed by atoms with E-state index in [9.17, 15) is 0 Å². The van der Waals surface area contributed by atoms with E-state index in [4.69, 9.17) is 5.73 Å². The van der Waals surface area contributed by atoms with Gasteiger partial charge in [-0.2, -0.15) is 0 Å². The Balaban J connectivity index is 2.06. The van der Waals surface area contributed by atoms with Gasteiger partial charge in [0.15, 0.2) is 0 Å². The minimum absolute atomic E-state index is 0.436. The monoisotopic (exact) mass is 185 g/mol. The molecule has 78 valence electrons. The fourth-order valence-electron chi connectivity index (χ4n) is 1.91. The molecule has 3 heteroatoms. The highest BCUT2D eigenvalue weighted by atomic mass is 15.1. The average Bonchev–Trinajstić information content (AvgIpc) is 2.03. The Morgan fingerprint density at radius 1 is 1.38 bits per heavy atom. The smallest absolute Gasteiger partial charge is 0.0101 e. The van der Waals surface area contributed by atoms with Gasteiger partial charge in [0, 0.05) is 25.2 Å². The zero-order chi connectivity index (χ0) is 9.68. The third-order valence-corrected chi connectivity index (χ3v) is 2.71. The molecule has 0 aromatic carbocycles. The van der Waals surface area contributed by atoms with E-state index in [-0.39, 0.29) is 0 Å². The van der Waals surface area contributed by atoms with Crippen molar-refractivity contribution >= 4 is 0 Å². The third-order valence-electron chi connectivity index (χ3n) is 2.71. The van der Waals surface area contributed by atoms with Gasteiger partial charge in [-0.15, -0.1) is 0 Å². The molecule has 0 aliphatic heterocycles. The topological polar surface area (TPSA) is 41.3 Å². The molecule has 3 nitrogen and oxygen atoms in total. The van der Waals surface area contributed by atoms with Crippen LogP contribution in [0.4, 0.5) is 0 Å². The van der Waals surface area contributed by atoms with Gasteiger partial charge >= 0.3 is 0 Å². The van der Waals surface area contributed by atoms with Gasteiger partial charge in [-0.05, 0) is 33.4 Å².